The Bertz CT molecular complexity index is 1250. The lowest BCUT2D eigenvalue weighted by Gasteiger charge is -2.34. The van der Waals surface area contributed by atoms with Gasteiger partial charge in [-0.2, -0.15) is 4.31 Å². The molecule has 0 saturated carbocycles. The van der Waals surface area contributed by atoms with Crippen LogP contribution in [0.25, 0.3) is 11.3 Å². The number of aromatic nitrogens is 2. The van der Waals surface area contributed by atoms with Crippen molar-refractivity contribution in [3.63, 3.8) is 0 Å². The first-order chi connectivity index (χ1) is 15.3. The van der Waals surface area contributed by atoms with E-state index < -0.39 is 21.7 Å². The fraction of sp³-hybridized carbons (Fsp3) is 0.238. The molecule has 0 aliphatic carbocycles. The normalized spacial score (nSPS) is 15.1. The zero-order valence-corrected chi connectivity index (χ0v) is 18.6. The highest BCUT2D eigenvalue weighted by molar-refractivity contribution is 7.89. The zero-order chi connectivity index (χ0) is 22.9. The van der Waals surface area contributed by atoms with Crippen LogP contribution in [0.5, 0.6) is 5.75 Å². The fourth-order valence-corrected chi connectivity index (χ4v) is 5.19. The standard InChI is InChI=1S/C21H19ClF2N4O3S/c1-31-20-5-2-14(23)10-16(20)19-12-21(26-13-25-19)27-6-8-28(9-7-27)32(29,30)15-3-4-18(24)17(22)11-15/h2-5,10-13H,6-9H2,1H3. The number of halogens is 3. The van der Waals surface area contributed by atoms with E-state index in [1.807, 2.05) is 4.90 Å². The summed E-state index contributed by atoms with van der Waals surface area (Å²) in [6, 6.07) is 9.23. The first-order valence-corrected chi connectivity index (χ1v) is 11.5. The van der Waals surface area contributed by atoms with Crippen molar-refractivity contribution in [1.29, 1.82) is 0 Å². The quantitative estimate of drug-likeness (QED) is 0.555. The van der Waals surface area contributed by atoms with Gasteiger partial charge in [0.1, 0.15) is 29.5 Å². The molecule has 0 atom stereocenters. The van der Waals surface area contributed by atoms with E-state index in [0.717, 1.165) is 12.1 Å². The molecule has 0 unspecified atom stereocenters. The van der Waals surface area contributed by atoms with Crippen molar-refractivity contribution in [1.82, 2.24) is 14.3 Å². The largest absolute Gasteiger partial charge is 0.496 e. The molecule has 1 saturated heterocycles. The van der Waals surface area contributed by atoms with Gasteiger partial charge in [0.2, 0.25) is 10.0 Å². The van der Waals surface area contributed by atoms with Crippen LogP contribution in [0.1, 0.15) is 0 Å². The van der Waals surface area contributed by atoms with Crippen LogP contribution in [0.15, 0.2) is 53.7 Å². The van der Waals surface area contributed by atoms with Gasteiger partial charge in [-0.3, -0.25) is 0 Å². The number of anilines is 1. The molecule has 7 nitrogen and oxygen atoms in total. The summed E-state index contributed by atoms with van der Waals surface area (Å²) in [5.41, 5.74) is 0.980. The summed E-state index contributed by atoms with van der Waals surface area (Å²) in [6.45, 7) is 1.18. The molecule has 2 aromatic carbocycles. The number of nitrogens with zero attached hydrogens (tertiary/aromatic N) is 4. The molecule has 0 spiro atoms. The van der Waals surface area contributed by atoms with Crippen LogP contribution in [0.3, 0.4) is 0 Å². The molecule has 32 heavy (non-hydrogen) atoms. The van der Waals surface area contributed by atoms with E-state index in [4.69, 9.17) is 16.3 Å². The van der Waals surface area contributed by atoms with Crippen LogP contribution in [-0.2, 0) is 10.0 Å². The average molecular weight is 481 g/mol. The highest BCUT2D eigenvalue weighted by atomic mass is 35.5. The van der Waals surface area contributed by atoms with Gasteiger partial charge < -0.3 is 9.64 Å². The summed E-state index contributed by atoms with van der Waals surface area (Å²) < 4.78 is 59.6. The maximum Gasteiger partial charge on any atom is 0.243 e. The molecule has 0 bridgehead atoms. The molecule has 4 rings (SSSR count). The van der Waals surface area contributed by atoms with Crippen molar-refractivity contribution in [3.05, 3.63) is 65.4 Å². The minimum atomic E-state index is -3.81. The Balaban J connectivity index is 1.52. The van der Waals surface area contributed by atoms with Gasteiger partial charge in [-0.15, -0.1) is 0 Å². The van der Waals surface area contributed by atoms with E-state index in [1.54, 1.807) is 6.07 Å². The van der Waals surface area contributed by atoms with E-state index in [9.17, 15) is 17.2 Å². The molecule has 0 amide bonds. The van der Waals surface area contributed by atoms with E-state index in [-0.39, 0.29) is 23.0 Å². The summed E-state index contributed by atoms with van der Waals surface area (Å²) in [7, 11) is -2.31. The summed E-state index contributed by atoms with van der Waals surface area (Å²) in [5.74, 6) is -0.0290. The van der Waals surface area contributed by atoms with Crippen molar-refractivity contribution >= 4 is 27.4 Å². The molecular formula is C21H19ClF2N4O3S. The fourth-order valence-electron chi connectivity index (χ4n) is 3.49. The lowest BCUT2D eigenvalue weighted by Crippen LogP contribution is -2.48. The third-order valence-electron chi connectivity index (χ3n) is 5.18. The second kappa shape index (κ2) is 8.97. The number of benzene rings is 2. The first kappa shape index (κ1) is 22.4. The minimum absolute atomic E-state index is 0.0557. The summed E-state index contributed by atoms with van der Waals surface area (Å²) in [6.07, 6.45) is 1.37. The van der Waals surface area contributed by atoms with Gasteiger partial charge in [-0.1, -0.05) is 11.6 Å². The second-order valence-electron chi connectivity index (χ2n) is 7.07. The van der Waals surface area contributed by atoms with Crippen LogP contribution >= 0.6 is 11.6 Å². The molecule has 3 aromatic rings. The molecule has 168 valence electrons. The Hall–Kier alpha value is -2.82. The first-order valence-electron chi connectivity index (χ1n) is 9.65. The van der Waals surface area contributed by atoms with E-state index in [2.05, 4.69) is 9.97 Å². The second-order valence-corrected chi connectivity index (χ2v) is 9.42. The third-order valence-corrected chi connectivity index (χ3v) is 7.37. The summed E-state index contributed by atoms with van der Waals surface area (Å²) in [4.78, 5) is 10.4. The SMILES string of the molecule is COc1ccc(F)cc1-c1cc(N2CCN(S(=O)(=O)c3ccc(F)c(Cl)c3)CC2)ncn1. The maximum atomic E-state index is 13.8. The summed E-state index contributed by atoms with van der Waals surface area (Å²) in [5, 5.41) is -0.244. The number of hydrogen-bond donors (Lipinski definition) is 0. The average Bonchev–Trinajstić information content (AvgIpc) is 2.81. The predicted octanol–water partition coefficient (Wildman–Crippen LogP) is 3.59. The molecule has 1 fully saturated rings. The van der Waals surface area contributed by atoms with Crippen molar-refractivity contribution in [2.24, 2.45) is 0 Å². The van der Waals surface area contributed by atoms with Crippen LogP contribution in [0.4, 0.5) is 14.6 Å². The Morgan fingerprint density at radius 1 is 1.00 bits per heavy atom. The van der Waals surface area contributed by atoms with Gasteiger partial charge in [0.25, 0.3) is 0 Å². The monoisotopic (exact) mass is 480 g/mol. The van der Waals surface area contributed by atoms with E-state index in [0.29, 0.717) is 35.9 Å². The lowest BCUT2D eigenvalue weighted by atomic mass is 10.1. The van der Waals surface area contributed by atoms with Crippen molar-refractivity contribution in [2.75, 3.05) is 38.2 Å². The molecule has 0 radical (unpaired) electrons. The van der Waals surface area contributed by atoms with E-state index in [1.165, 1.54) is 42.0 Å². The molecule has 1 aromatic heterocycles. The number of ether oxygens (including phenoxy) is 1. The van der Waals surface area contributed by atoms with Crippen LogP contribution < -0.4 is 9.64 Å². The Labute approximate surface area is 189 Å². The predicted molar refractivity (Wildman–Crippen MR) is 116 cm³/mol. The number of hydrogen-bond acceptors (Lipinski definition) is 6. The summed E-state index contributed by atoms with van der Waals surface area (Å²) >= 11 is 5.75. The van der Waals surface area contributed by atoms with Crippen molar-refractivity contribution < 1.29 is 21.9 Å². The number of sulfonamides is 1. The van der Waals surface area contributed by atoms with Gasteiger partial charge in [-0.05, 0) is 36.4 Å². The van der Waals surface area contributed by atoms with Crippen molar-refractivity contribution in [2.45, 2.75) is 4.90 Å². The number of rotatable bonds is 5. The topological polar surface area (TPSA) is 75.6 Å². The van der Waals surface area contributed by atoms with Gasteiger partial charge >= 0.3 is 0 Å². The molecule has 1 aliphatic heterocycles. The third kappa shape index (κ3) is 4.38. The molecule has 0 N–H and O–H groups in total. The Kier molecular flexibility index (Phi) is 6.27. The molecule has 2 heterocycles. The molecule has 1 aliphatic rings. The Morgan fingerprint density at radius 2 is 1.75 bits per heavy atom. The minimum Gasteiger partial charge on any atom is -0.496 e. The van der Waals surface area contributed by atoms with Crippen molar-refractivity contribution in [3.8, 4) is 17.0 Å². The van der Waals surface area contributed by atoms with Gasteiger partial charge in [0.05, 0.1) is 22.7 Å². The van der Waals surface area contributed by atoms with Gasteiger partial charge in [0, 0.05) is 37.8 Å². The van der Waals surface area contributed by atoms with Gasteiger partial charge in [-0.25, -0.2) is 27.2 Å². The zero-order valence-electron chi connectivity index (χ0n) is 17.0. The maximum absolute atomic E-state index is 13.8. The van der Waals surface area contributed by atoms with E-state index >= 15 is 0 Å². The molecular weight excluding hydrogens is 462 g/mol. The number of piperazine rings is 1. The smallest absolute Gasteiger partial charge is 0.243 e. The lowest BCUT2D eigenvalue weighted by molar-refractivity contribution is 0.383. The highest BCUT2D eigenvalue weighted by Crippen LogP contribution is 2.31. The van der Waals surface area contributed by atoms with Gasteiger partial charge in [0.15, 0.2) is 0 Å². The molecule has 11 heteroatoms. The number of methoxy groups -OCH3 is 1. The highest BCUT2D eigenvalue weighted by Gasteiger charge is 2.29. The van der Waals surface area contributed by atoms with Crippen LogP contribution in [0, 0.1) is 11.6 Å². The van der Waals surface area contributed by atoms with Crippen LogP contribution in [0.2, 0.25) is 5.02 Å². The van der Waals surface area contributed by atoms with Crippen LogP contribution in [-0.4, -0.2) is 56.0 Å². The Morgan fingerprint density at radius 3 is 2.44 bits per heavy atom.